The second-order valence-corrected chi connectivity index (χ2v) is 9.96. The topological polar surface area (TPSA) is 49.9 Å². The van der Waals surface area contributed by atoms with Crippen molar-refractivity contribution >= 4 is 23.2 Å². The molecule has 0 aliphatic carbocycles. The highest BCUT2D eigenvalue weighted by Gasteiger charge is 2.30. The second kappa shape index (κ2) is 9.41. The third-order valence-corrected chi connectivity index (χ3v) is 6.24. The van der Waals surface area contributed by atoms with Gasteiger partial charge >= 0.3 is 0 Å². The van der Waals surface area contributed by atoms with Gasteiger partial charge in [-0.25, -0.2) is 0 Å². The highest BCUT2D eigenvalue weighted by atomic mass is 16.5. The molecule has 1 heterocycles. The molecule has 1 atom stereocenters. The highest BCUT2D eigenvalue weighted by Crippen LogP contribution is 2.33. The third-order valence-electron chi connectivity index (χ3n) is 6.24. The predicted octanol–water partition coefficient (Wildman–Crippen LogP) is 6.56. The zero-order valence-corrected chi connectivity index (χ0v) is 21.0. The number of fused-ring (bicyclic) bond motifs is 1. The van der Waals surface area contributed by atoms with Crippen LogP contribution in [0.5, 0.6) is 0 Å². The van der Waals surface area contributed by atoms with Crippen molar-refractivity contribution in [3.05, 3.63) is 107 Å². The average Bonchev–Trinajstić information content (AvgIpc) is 3.18. The lowest BCUT2D eigenvalue weighted by Crippen LogP contribution is -2.26. The summed E-state index contributed by atoms with van der Waals surface area (Å²) in [5, 5.41) is 0. The van der Waals surface area contributed by atoms with E-state index in [4.69, 9.17) is 4.74 Å². The number of benzene rings is 3. The van der Waals surface area contributed by atoms with Crippen molar-refractivity contribution in [1.82, 2.24) is 0 Å². The van der Waals surface area contributed by atoms with Gasteiger partial charge in [0.1, 0.15) is 5.60 Å². The van der Waals surface area contributed by atoms with Crippen molar-refractivity contribution in [2.75, 3.05) is 16.8 Å². The van der Waals surface area contributed by atoms with Gasteiger partial charge in [-0.2, -0.15) is 0 Å². The van der Waals surface area contributed by atoms with E-state index in [0.29, 0.717) is 23.4 Å². The maximum absolute atomic E-state index is 13.3. The van der Waals surface area contributed by atoms with E-state index in [1.807, 2.05) is 81.4 Å². The van der Waals surface area contributed by atoms with Crippen LogP contribution in [0.15, 0.2) is 85.1 Å². The van der Waals surface area contributed by atoms with Crippen LogP contribution in [0.4, 0.5) is 11.4 Å². The number of rotatable bonds is 6. The molecule has 1 aliphatic rings. The number of allylic oxidation sites excluding steroid dienone is 1. The Labute approximate surface area is 207 Å². The van der Waals surface area contributed by atoms with E-state index < -0.39 is 0 Å². The summed E-state index contributed by atoms with van der Waals surface area (Å²) >= 11 is 0. The van der Waals surface area contributed by atoms with Crippen LogP contribution < -0.4 is 9.80 Å². The number of nitrogens with zero attached hydrogens (tertiary/aromatic N) is 2. The molecule has 35 heavy (non-hydrogen) atoms. The van der Waals surface area contributed by atoms with Crippen LogP contribution in [0.2, 0.25) is 0 Å². The monoisotopic (exact) mass is 468 g/mol. The van der Waals surface area contributed by atoms with Crippen molar-refractivity contribution in [1.29, 1.82) is 0 Å². The largest absolute Gasteiger partial charge is 0.492 e. The van der Waals surface area contributed by atoms with E-state index in [1.165, 1.54) is 0 Å². The number of carbonyl (C=O) groups is 2. The van der Waals surface area contributed by atoms with Crippen molar-refractivity contribution in [3.63, 3.8) is 0 Å². The number of hydrogen-bond donors (Lipinski definition) is 0. The molecular weight excluding hydrogens is 436 g/mol. The quantitative estimate of drug-likeness (QED) is 0.385. The molecule has 1 aliphatic heterocycles. The Morgan fingerprint density at radius 2 is 1.69 bits per heavy atom. The molecular formula is C30H32N2O3. The fourth-order valence-electron chi connectivity index (χ4n) is 4.21. The van der Waals surface area contributed by atoms with E-state index in [2.05, 4.69) is 13.5 Å². The molecule has 4 rings (SSSR count). The normalized spacial score (nSPS) is 13.9. The molecule has 5 heteroatoms. The van der Waals surface area contributed by atoms with Crippen LogP contribution in [0.3, 0.4) is 0 Å². The van der Waals surface area contributed by atoms with E-state index in [0.717, 1.165) is 22.6 Å². The first kappa shape index (κ1) is 24.3. The fourth-order valence-corrected chi connectivity index (χ4v) is 4.21. The first-order chi connectivity index (χ1) is 16.5. The molecule has 0 bridgehead atoms. The summed E-state index contributed by atoms with van der Waals surface area (Å²) in [5.74, 6) is 0.574. The Bertz CT molecular complexity index is 1260. The number of carbonyl (C=O) groups excluding carboxylic acids is 2. The lowest BCUT2D eigenvalue weighted by atomic mass is 9.98. The molecule has 0 N–H and O–H groups in total. The van der Waals surface area contributed by atoms with Crippen LogP contribution in [0.1, 0.15) is 65.5 Å². The molecule has 0 radical (unpaired) electrons. The van der Waals surface area contributed by atoms with Gasteiger partial charge in [-0.15, -0.1) is 0 Å². The zero-order chi connectivity index (χ0) is 25.3. The summed E-state index contributed by atoms with van der Waals surface area (Å²) in [6.07, 6.45) is 0. The van der Waals surface area contributed by atoms with E-state index >= 15 is 0 Å². The Kier molecular flexibility index (Phi) is 6.53. The number of anilines is 2. The molecule has 0 saturated carbocycles. The minimum absolute atomic E-state index is 0.0370. The SMILES string of the molecule is C=C(OC(C)(C)C)C(C)c1ccc(N2Cc3ccc(N(C)C(=O)c4ccccc4)cc3C2=O)cc1. The zero-order valence-electron chi connectivity index (χ0n) is 21.0. The minimum Gasteiger partial charge on any atom is -0.492 e. The van der Waals surface area contributed by atoms with Crippen LogP contribution in [0.25, 0.3) is 0 Å². The summed E-state index contributed by atoms with van der Waals surface area (Å²) in [7, 11) is 1.73. The van der Waals surface area contributed by atoms with Crippen molar-refractivity contribution in [3.8, 4) is 0 Å². The van der Waals surface area contributed by atoms with Gasteiger partial charge in [0.25, 0.3) is 11.8 Å². The molecule has 3 aromatic carbocycles. The van der Waals surface area contributed by atoms with E-state index in [1.54, 1.807) is 29.0 Å². The fraction of sp³-hybridized carbons (Fsp3) is 0.267. The molecule has 0 fully saturated rings. The summed E-state index contributed by atoms with van der Waals surface area (Å²) in [6.45, 7) is 12.7. The molecule has 3 aromatic rings. The first-order valence-electron chi connectivity index (χ1n) is 11.8. The van der Waals surface area contributed by atoms with Gasteiger partial charge in [0.2, 0.25) is 0 Å². The molecule has 0 saturated heterocycles. The smallest absolute Gasteiger partial charge is 0.259 e. The highest BCUT2D eigenvalue weighted by molar-refractivity contribution is 6.12. The maximum atomic E-state index is 13.3. The predicted molar refractivity (Wildman–Crippen MR) is 141 cm³/mol. The Hall–Kier alpha value is -3.86. The summed E-state index contributed by atoms with van der Waals surface area (Å²) < 4.78 is 5.93. The number of ether oxygens (including phenoxy) is 1. The summed E-state index contributed by atoms with van der Waals surface area (Å²) in [5.41, 5.74) is 4.48. The van der Waals surface area contributed by atoms with Crippen LogP contribution >= 0.6 is 0 Å². The molecule has 0 spiro atoms. The van der Waals surface area contributed by atoms with Gasteiger partial charge in [-0.1, -0.05) is 49.9 Å². The Morgan fingerprint density at radius 3 is 2.31 bits per heavy atom. The molecule has 0 aromatic heterocycles. The first-order valence-corrected chi connectivity index (χ1v) is 11.8. The van der Waals surface area contributed by atoms with Crippen LogP contribution in [0, 0.1) is 0 Å². The van der Waals surface area contributed by atoms with Crippen molar-refractivity contribution in [2.45, 2.75) is 45.8 Å². The van der Waals surface area contributed by atoms with Gasteiger partial charge < -0.3 is 14.5 Å². The molecule has 5 nitrogen and oxygen atoms in total. The number of hydrogen-bond acceptors (Lipinski definition) is 3. The van der Waals surface area contributed by atoms with Crippen LogP contribution in [-0.2, 0) is 11.3 Å². The summed E-state index contributed by atoms with van der Waals surface area (Å²) in [6, 6.07) is 22.7. The molecule has 180 valence electrons. The van der Waals surface area contributed by atoms with Crippen molar-refractivity contribution in [2.24, 2.45) is 0 Å². The average molecular weight is 469 g/mol. The van der Waals surface area contributed by atoms with Gasteiger partial charge in [-0.3, -0.25) is 9.59 Å². The maximum Gasteiger partial charge on any atom is 0.259 e. The summed E-state index contributed by atoms with van der Waals surface area (Å²) in [4.78, 5) is 29.5. The molecule has 1 unspecified atom stereocenters. The van der Waals surface area contributed by atoms with Gasteiger partial charge in [0.15, 0.2) is 0 Å². The third kappa shape index (κ3) is 5.14. The van der Waals surface area contributed by atoms with Gasteiger partial charge in [0.05, 0.1) is 12.3 Å². The minimum atomic E-state index is -0.294. The van der Waals surface area contributed by atoms with Gasteiger partial charge in [0, 0.05) is 35.5 Å². The van der Waals surface area contributed by atoms with E-state index in [9.17, 15) is 9.59 Å². The van der Waals surface area contributed by atoms with Crippen LogP contribution in [-0.4, -0.2) is 24.5 Å². The Morgan fingerprint density at radius 1 is 1.03 bits per heavy atom. The van der Waals surface area contributed by atoms with Crippen molar-refractivity contribution < 1.29 is 14.3 Å². The van der Waals surface area contributed by atoms with E-state index in [-0.39, 0.29) is 23.3 Å². The lowest BCUT2D eigenvalue weighted by Gasteiger charge is -2.26. The Balaban J connectivity index is 1.50. The number of amides is 2. The molecule has 2 amide bonds. The van der Waals surface area contributed by atoms with Gasteiger partial charge in [-0.05, 0) is 68.3 Å². The lowest BCUT2D eigenvalue weighted by molar-refractivity contribution is 0.0444. The second-order valence-electron chi connectivity index (χ2n) is 9.96. The standard InChI is InChI=1S/C30H32N2O3/c1-20(21(2)35-30(3,4)5)22-12-15-25(16-13-22)32-19-24-14-17-26(18-27(24)29(32)34)31(6)28(33)23-10-8-7-9-11-23/h7-18,20H,2,19H2,1,3-6H3.